The van der Waals surface area contributed by atoms with E-state index in [-0.39, 0.29) is 11.8 Å². The number of amides is 1. The Morgan fingerprint density at radius 3 is 2.76 bits per heavy atom. The third-order valence-corrected chi connectivity index (χ3v) is 7.54. The van der Waals surface area contributed by atoms with E-state index >= 15 is 0 Å². The second-order valence-corrected chi connectivity index (χ2v) is 9.99. The molecule has 6 heteroatoms. The molecular weight excluding hydrogens is 434 g/mol. The first-order valence-corrected chi connectivity index (χ1v) is 12.4. The summed E-state index contributed by atoms with van der Waals surface area (Å²) in [6.07, 6.45) is 6.31. The average Bonchev–Trinajstić information content (AvgIpc) is 3.12. The smallest absolute Gasteiger partial charge is 0.222 e. The molecule has 1 N–H and O–H groups in total. The summed E-state index contributed by atoms with van der Waals surface area (Å²) in [6.45, 7) is 5.52. The minimum atomic E-state index is 0.181. The summed E-state index contributed by atoms with van der Waals surface area (Å²) in [7, 11) is 1.74. The second kappa shape index (κ2) is 9.40. The fourth-order valence-corrected chi connectivity index (χ4v) is 5.76. The van der Waals surface area contributed by atoms with Crippen LogP contribution in [0.4, 0.5) is 0 Å². The molecule has 0 bridgehead atoms. The van der Waals surface area contributed by atoms with Gasteiger partial charge in [-0.25, -0.2) is 0 Å². The second-order valence-electron chi connectivity index (χ2n) is 9.58. The van der Waals surface area contributed by atoms with Gasteiger partial charge >= 0.3 is 0 Å². The van der Waals surface area contributed by atoms with Crippen LogP contribution in [0.25, 0.3) is 16.6 Å². The Hall–Kier alpha value is -2.50. The van der Waals surface area contributed by atoms with Crippen LogP contribution in [0.3, 0.4) is 0 Å². The van der Waals surface area contributed by atoms with Crippen molar-refractivity contribution in [1.29, 1.82) is 0 Å². The quantitative estimate of drug-likeness (QED) is 0.565. The predicted molar refractivity (Wildman–Crippen MR) is 133 cm³/mol. The first-order chi connectivity index (χ1) is 16.0. The number of benzene rings is 2. The Morgan fingerprint density at radius 2 is 1.97 bits per heavy atom. The molecule has 2 aliphatic rings. The van der Waals surface area contributed by atoms with Crippen LogP contribution in [0.5, 0.6) is 5.75 Å². The number of carbonyl (C=O) groups excluding carboxylic acids is 1. The van der Waals surface area contributed by atoms with E-state index in [1.54, 1.807) is 7.05 Å². The third kappa shape index (κ3) is 4.62. The Bertz CT molecular complexity index is 1160. The van der Waals surface area contributed by atoms with Crippen molar-refractivity contribution in [3.8, 4) is 11.4 Å². The molecule has 2 aromatic carbocycles. The Kier molecular flexibility index (Phi) is 6.35. The zero-order chi connectivity index (χ0) is 22.9. The number of nitrogens with one attached hydrogen (secondary N) is 1. The highest BCUT2D eigenvalue weighted by atomic mass is 35.5. The molecule has 1 saturated carbocycles. The van der Waals surface area contributed by atoms with E-state index < -0.39 is 0 Å². The largest absolute Gasteiger partial charge is 0.490 e. The van der Waals surface area contributed by atoms with E-state index in [1.807, 2.05) is 6.07 Å². The number of nitrogens with zero attached hydrogens (tertiary/aromatic N) is 2. The summed E-state index contributed by atoms with van der Waals surface area (Å²) in [6, 6.07) is 12.9. The average molecular weight is 466 g/mol. The number of ether oxygens (including phenoxy) is 1. The Morgan fingerprint density at radius 1 is 1.15 bits per heavy atom. The number of rotatable bonds is 4. The Labute approximate surface area is 200 Å². The zero-order valence-corrected chi connectivity index (χ0v) is 20.2. The van der Waals surface area contributed by atoms with Gasteiger partial charge in [0.1, 0.15) is 12.4 Å². The SMILES string of the molecule is CNC(=O)C1CCC(CN2CCOc3c(Cl)cc(-n4ccc5cc(C)ccc54)cc3C2)CC1. The van der Waals surface area contributed by atoms with Crippen LogP contribution in [0, 0.1) is 18.8 Å². The van der Waals surface area contributed by atoms with Gasteiger partial charge < -0.3 is 14.6 Å². The van der Waals surface area contributed by atoms with E-state index in [4.69, 9.17) is 16.3 Å². The molecule has 0 atom stereocenters. The molecule has 0 unspecified atom stereocenters. The van der Waals surface area contributed by atoms with Crippen molar-refractivity contribution < 1.29 is 9.53 Å². The van der Waals surface area contributed by atoms with Crippen molar-refractivity contribution in [2.75, 3.05) is 26.7 Å². The summed E-state index contributed by atoms with van der Waals surface area (Å²) in [5, 5.41) is 4.70. The monoisotopic (exact) mass is 465 g/mol. The first-order valence-electron chi connectivity index (χ1n) is 12.0. The first kappa shape index (κ1) is 22.3. The molecule has 5 nitrogen and oxygen atoms in total. The summed E-state index contributed by atoms with van der Waals surface area (Å²) < 4.78 is 8.31. The van der Waals surface area contributed by atoms with E-state index in [1.165, 1.54) is 16.5 Å². The third-order valence-electron chi connectivity index (χ3n) is 7.26. The molecule has 1 fully saturated rings. The number of hydrogen-bond acceptors (Lipinski definition) is 3. The van der Waals surface area contributed by atoms with Crippen LogP contribution in [-0.2, 0) is 11.3 Å². The maximum absolute atomic E-state index is 12.0. The van der Waals surface area contributed by atoms with Gasteiger partial charge in [-0.3, -0.25) is 9.69 Å². The van der Waals surface area contributed by atoms with Crippen LogP contribution in [0.2, 0.25) is 5.02 Å². The predicted octanol–water partition coefficient (Wildman–Crippen LogP) is 5.34. The van der Waals surface area contributed by atoms with Gasteiger partial charge in [0.15, 0.2) is 0 Å². The lowest BCUT2D eigenvalue weighted by atomic mass is 9.81. The van der Waals surface area contributed by atoms with Crippen LogP contribution >= 0.6 is 11.6 Å². The molecule has 0 saturated heterocycles. The fraction of sp³-hybridized carbons (Fsp3) is 0.444. The molecule has 1 aliphatic carbocycles. The van der Waals surface area contributed by atoms with Gasteiger partial charge in [-0.1, -0.05) is 23.2 Å². The van der Waals surface area contributed by atoms with Crippen molar-refractivity contribution in [2.45, 2.75) is 39.2 Å². The normalized spacial score (nSPS) is 21.3. The topological polar surface area (TPSA) is 46.5 Å². The summed E-state index contributed by atoms with van der Waals surface area (Å²) in [4.78, 5) is 14.4. The van der Waals surface area contributed by atoms with Gasteiger partial charge in [0.2, 0.25) is 5.91 Å². The number of hydrogen-bond donors (Lipinski definition) is 1. The van der Waals surface area contributed by atoms with Crippen LogP contribution in [-0.4, -0.2) is 42.1 Å². The zero-order valence-electron chi connectivity index (χ0n) is 19.4. The van der Waals surface area contributed by atoms with Crippen LogP contribution in [0.1, 0.15) is 36.8 Å². The molecule has 5 rings (SSSR count). The van der Waals surface area contributed by atoms with Gasteiger partial charge in [-0.05, 0) is 68.9 Å². The van der Waals surface area contributed by atoms with Crippen molar-refractivity contribution in [3.05, 3.63) is 58.7 Å². The lowest BCUT2D eigenvalue weighted by Gasteiger charge is -2.31. The summed E-state index contributed by atoms with van der Waals surface area (Å²) >= 11 is 6.72. The standard InChI is InChI=1S/C27H32ClN3O2/c1-18-3-8-25-21(13-18)9-10-31(25)23-14-22-17-30(11-12-33-26(22)24(28)15-23)16-19-4-6-20(7-5-19)27(32)29-2/h3,8-10,13-15,19-20H,4-7,11-12,16-17H2,1-2H3,(H,29,32). The van der Waals surface area contributed by atoms with Gasteiger partial charge in [0, 0.05) is 55.4 Å². The van der Waals surface area contributed by atoms with Gasteiger partial charge in [-0.15, -0.1) is 0 Å². The Balaban J connectivity index is 1.35. The van der Waals surface area contributed by atoms with Gasteiger partial charge in [-0.2, -0.15) is 0 Å². The molecule has 33 heavy (non-hydrogen) atoms. The highest BCUT2D eigenvalue weighted by Crippen LogP contribution is 2.36. The molecule has 1 aliphatic heterocycles. The molecule has 0 radical (unpaired) electrons. The minimum absolute atomic E-state index is 0.181. The van der Waals surface area contributed by atoms with Crippen molar-refractivity contribution in [3.63, 3.8) is 0 Å². The van der Waals surface area contributed by atoms with E-state index in [0.717, 1.165) is 62.3 Å². The number of aromatic nitrogens is 1. The summed E-state index contributed by atoms with van der Waals surface area (Å²) in [5.74, 6) is 1.82. The molecule has 0 spiro atoms. The van der Waals surface area contributed by atoms with Gasteiger partial charge in [0.25, 0.3) is 0 Å². The molecule has 3 aromatic rings. The molecular formula is C27H32ClN3O2. The number of aryl methyl sites for hydroxylation is 1. The van der Waals surface area contributed by atoms with Crippen LogP contribution < -0.4 is 10.1 Å². The van der Waals surface area contributed by atoms with Crippen LogP contribution in [0.15, 0.2) is 42.6 Å². The molecule has 1 aromatic heterocycles. The van der Waals surface area contributed by atoms with E-state index in [0.29, 0.717) is 17.5 Å². The molecule has 174 valence electrons. The maximum Gasteiger partial charge on any atom is 0.222 e. The lowest BCUT2D eigenvalue weighted by molar-refractivity contribution is -0.125. The minimum Gasteiger partial charge on any atom is -0.490 e. The highest BCUT2D eigenvalue weighted by Gasteiger charge is 2.28. The number of halogens is 1. The molecule has 1 amide bonds. The number of carbonyl (C=O) groups is 1. The van der Waals surface area contributed by atoms with Gasteiger partial charge in [0.05, 0.1) is 10.5 Å². The van der Waals surface area contributed by atoms with E-state index in [2.05, 4.69) is 58.2 Å². The van der Waals surface area contributed by atoms with E-state index in [9.17, 15) is 4.79 Å². The highest BCUT2D eigenvalue weighted by molar-refractivity contribution is 6.32. The lowest BCUT2D eigenvalue weighted by Crippen LogP contribution is -2.35. The van der Waals surface area contributed by atoms with Crippen molar-refractivity contribution >= 4 is 28.4 Å². The fourth-order valence-electron chi connectivity index (χ4n) is 5.47. The van der Waals surface area contributed by atoms with Crippen molar-refractivity contribution in [2.24, 2.45) is 11.8 Å². The molecule has 2 heterocycles. The summed E-state index contributed by atoms with van der Waals surface area (Å²) in [5.41, 5.74) is 4.64. The number of fused-ring (bicyclic) bond motifs is 2. The maximum atomic E-state index is 12.0. The van der Waals surface area contributed by atoms with Crippen molar-refractivity contribution in [1.82, 2.24) is 14.8 Å².